The van der Waals surface area contributed by atoms with Crippen molar-refractivity contribution in [3.8, 4) is 5.75 Å². The number of aryl methyl sites for hydroxylation is 1. The summed E-state index contributed by atoms with van der Waals surface area (Å²) in [6, 6.07) is 5.66. The minimum atomic E-state index is -0.399. The number of fused-ring (bicyclic) bond motifs is 3. The molecule has 2 unspecified atom stereocenters. The first-order valence-electron chi connectivity index (χ1n) is 10.0. The Morgan fingerprint density at radius 1 is 1.24 bits per heavy atom. The average molecular weight is 409 g/mol. The van der Waals surface area contributed by atoms with Crippen LogP contribution in [0.15, 0.2) is 29.2 Å². The molecule has 0 spiro atoms. The third kappa shape index (κ3) is 4.33. The normalized spacial score (nSPS) is 14.2. The minimum absolute atomic E-state index is 0.0683. The summed E-state index contributed by atoms with van der Waals surface area (Å²) < 4.78 is 7.80. The lowest BCUT2D eigenvalue weighted by Crippen LogP contribution is -2.43. The van der Waals surface area contributed by atoms with E-state index in [1.54, 1.807) is 12.3 Å². The Bertz CT molecular complexity index is 1130. The molecule has 0 saturated carbocycles. The lowest BCUT2D eigenvalue weighted by atomic mass is 9.49. The Balaban J connectivity index is 2.22. The van der Waals surface area contributed by atoms with Gasteiger partial charge in [0.1, 0.15) is 29.3 Å². The van der Waals surface area contributed by atoms with Crippen LogP contribution in [0.3, 0.4) is 0 Å². The lowest BCUT2D eigenvalue weighted by molar-refractivity contribution is 0.247. The minimum Gasteiger partial charge on any atom is -0.492 e. The topological polar surface area (TPSA) is 70.1 Å². The molecule has 3 rings (SSSR count). The summed E-state index contributed by atoms with van der Waals surface area (Å²) in [6.07, 6.45) is 2.63. The molecule has 0 aliphatic carbocycles. The number of hydrogen-bond donors (Lipinski definition) is 1. The molecule has 0 aliphatic rings. The maximum atomic E-state index is 13.5. The van der Waals surface area contributed by atoms with Gasteiger partial charge < -0.3 is 15.0 Å². The average Bonchev–Trinajstić information content (AvgIpc) is 2.59. The third-order valence-electron chi connectivity index (χ3n) is 5.09. The van der Waals surface area contributed by atoms with Crippen molar-refractivity contribution in [2.75, 3.05) is 6.61 Å². The molecule has 29 heavy (non-hydrogen) atoms. The summed E-state index contributed by atoms with van der Waals surface area (Å²) in [5, 5.41) is 2.47. The Morgan fingerprint density at radius 2 is 1.93 bits per heavy atom. The van der Waals surface area contributed by atoms with E-state index >= 15 is 0 Å². The van der Waals surface area contributed by atoms with Crippen molar-refractivity contribution in [2.24, 2.45) is 11.7 Å². The number of nitrogens with two attached hydrogens (primary N) is 1. The number of ether oxygens (including phenoxy) is 1. The molecule has 5 nitrogen and oxygen atoms in total. The number of rotatable bonds is 6. The molecule has 0 aliphatic heterocycles. The molecule has 9 heteroatoms. The van der Waals surface area contributed by atoms with Crippen molar-refractivity contribution in [1.29, 1.82) is 0 Å². The van der Waals surface area contributed by atoms with Crippen LogP contribution in [0.2, 0.25) is 5.02 Å². The Morgan fingerprint density at radius 3 is 2.55 bits per heavy atom. The standard InChI is InChI=1S/C20H27B3ClN3O2/c1-10(6-11(2)25)9-29-17-8-15-14(7-16(17)24)13-4-5-26-12(3)18(13)27(19(15)28)20(21,22)23/h4-5,7-8,10-11H,6,9,21-23,25H2,1-3H3. The van der Waals surface area contributed by atoms with Crippen LogP contribution in [0.25, 0.3) is 21.7 Å². The van der Waals surface area contributed by atoms with Gasteiger partial charge in [0, 0.05) is 17.6 Å². The number of halogens is 1. The highest BCUT2D eigenvalue weighted by molar-refractivity contribution is 6.57. The number of benzene rings is 1. The first kappa shape index (κ1) is 21.8. The molecule has 0 bridgehead atoms. The van der Waals surface area contributed by atoms with Gasteiger partial charge in [-0.2, -0.15) is 0 Å². The van der Waals surface area contributed by atoms with Gasteiger partial charge in [-0.25, -0.2) is 0 Å². The second kappa shape index (κ2) is 8.08. The third-order valence-corrected chi connectivity index (χ3v) is 5.39. The highest BCUT2D eigenvalue weighted by Gasteiger charge is 2.23. The van der Waals surface area contributed by atoms with Crippen LogP contribution >= 0.6 is 11.6 Å². The second-order valence-corrected chi connectivity index (χ2v) is 9.47. The van der Waals surface area contributed by atoms with Crippen molar-refractivity contribution in [2.45, 2.75) is 38.5 Å². The maximum Gasteiger partial charge on any atom is 0.257 e. The van der Waals surface area contributed by atoms with E-state index in [9.17, 15) is 4.79 Å². The smallest absolute Gasteiger partial charge is 0.257 e. The number of nitrogens with zero attached hydrogens (tertiary/aromatic N) is 2. The van der Waals surface area contributed by atoms with Crippen molar-refractivity contribution in [1.82, 2.24) is 9.55 Å². The van der Waals surface area contributed by atoms with Gasteiger partial charge in [0.2, 0.25) is 0 Å². The molecule has 150 valence electrons. The van der Waals surface area contributed by atoms with Gasteiger partial charge in [-0.1, -0.05) is 18.5 Å². The molecule has 2 heterocycles. The van der Waals surface area contributed by atoms with Gasteiger partial charge in [-0.15, -0.1) is 0 Å². The molecule has 0 radical (unpaired) electrons. The summed E-state index contributed by atoms with van der Waals surface area (Å²) in [4.78, 5) is 17.9. The largest absolute Gasteiger partial charge is 0.492 e. The summed E-state index contributed by atoms with van der Waals surface area (Å²) in [6.45, 7) is 6.50. The zero-order valence-corrected chi connectivity index (χ0v) is 18.8. The van der Waals surface area contributed by atoms with Crippen LogP contribution in [0.1, 0.15) is 26.0 Å². The van der Waals surface area contributed by atoms with Gasteiger partial charge in [0.05, 0.1) is 28.2 Å². The van der Waals surface area contributed by atoms with E-state index in [1.807, 2.05) is 54.1 Å². The molecule has 1 aromatic carbocycles. The molecule has 2 aromatic heterocycles. The van der Waals surface area contributed by atoms with Crippen molar-refractivity contribution in [3.05, 3.63) is 45.5 Å². The summed E-state index contributed by atoms with van der Waals surface area (Å²) in [5.74, 6) is 0.816. The zero-order valence-electron chi connectivity index (χ0n) is 18.0. The Labute approximate surface area is 179 Å². The molecular formula is C20H27B3ClN3O2. The van der Waals surface area contributed by atoms with Crippen LogP contribution < -0.4 is 16.0 Å². The molecule has 2 N–H and O–H groups in total. The van der Waals surface area contributed by atoms with Crippen LogP contribution in [-0.2, 0) is 5.24 Å². The van der Waals surface area contributed by atoms with E-state index in [1.165, 1.54) is 0 Å². The van der Waals surface area contributed by atoms with Crippen molar-refractivity contribution in [3.63, 3.8) is 0 Å². The van der Waals surface area contributed by atoms with Gasteiger partial charge in [0.25, 0.3) is 5.56 Å². The molecular weight excluding hydrogens is 382 g/mol. The van der Waals surface area contributed by atoms with E-state index < -0.39 is 5.24 Å². The highest BCUT2D eigenvalue weighted by atomic mass is 35.5. The summed E-state index contributed by atoms with van der Waals surface area (Å²) in [7, 11) is 6.07. The van der Waals surface area contributed by atoms with E-state index in [2.05, 4.69) is 11.9 Å². The van der Waals surface area contributed by atoms with Gasteiger partial charge >= 0.3 is 0 Å². The van der Waals surface area contributed by atoms with E-state index in [0.29, 0.717) is 28.7 Å². The van der Waals surface area contributed by atoms with Gasteiger partial charge in [0.15, 0.2) is 0 Å². The predicted octanol–water partition coefficient (Wildman–Crippen LogP) is 0.731. The Kier molecular flexibility index (Phi) is 6.07. The summed E-state index contributed by atoms with van der Waals surface area (Å²) in [5.41, 5.74) is 7.47. The SMILES string of the molecule is BC(B)(B)n1c(=O)c2cc(OCC(C)CC(C)N)c(Cl)cc2c2ccnc(C)c21. The van der Waals surface area contributed by atoms with Crippen molar-refractivity contribution >= 4 is 56.8 Å². The van der Waals surface area contributed by atoms with E-state index in [-0.39, 0.29) is 11.6 Å². The first-order chi connectivity index (χ1) is 13.5. The zero-order chi connectivity index (χ0) is 21.5. The first-order valence-corrected chi connectivity index (χ1v) is 10.4. The van der Waals surface area contributed by atoms with Crippen LogP contribution in [0.4, 0.5) is 0 Å². The van der Waals surface area contributed by atoms with Crippen LogP contribution in [0.5, 0.6) is 5.75 Å². The van der Waals surface area contributed by atoms with E-state index in [0.717, 1.165) is 28.4 Å². The molecule has 2 atom stereocenters. The highest BCUT2D eigenvalue weighted by Crippen LogP contribution is 2.34. The fraction of sp³-hybridized carbons (Fsp3) is 0.400. The monoisotopic (exact) mass is 409 g/mol. The molecule has 0 amide bonds. The van der Waals surface area contributed by atoms with Gasteiger partial charge in [-0.05, 0) is 55.0 Å². The summed E-state index contributed by atoms with van der Waals surface area (Å²) >= 11 is 6.54. The van der Waals surface area contributed by atoms with Gasteiger partial charge in [-0.3, -0.25) is 9.78 Å². The fourth-order valence-electron chi connectivity index (χ4n) is 3.92. The predicted molar refractivity (Wildman–Crippen MR) is 130 cm³/mol. The number of aromatic nitrogens is 2. The van der Waals surface area contributed by atoms with Crippen molar-refractivity contribution < 1.29 is 4.74 Å². The lowest BCUT2D eigenvalue weighted by Gasteiger charge is -2.27. The Hall–Kier alpha value is -1.92. The number of hydrogen-bond acceptors (Lipinski definition) is 4. The molecule has 0 saturated heterocycles. The van der Waals surface area contributed by atoms with Crippen LogP contribution in [0, 0.1) is 12.8 Å². The van der Waals surface area contributed by atoms with Crippen LogP contribution in [-0.4, -0.2) is 45.7 Å². The number of pyridine rings is 2. The fourth-order valence-corrected chi connectivity index (χ4v) is 4.14. The second-order valence-electron chi connectivity index (χ2n) is 9.06. The maximum absolute atomic E-state index is 13.5. The quantitative estimate of drug-likeness (QED) is 0.482. The molecule has 0 fully saturated rings. The van der Waals surface area contributed by atoms with E-state index in [4.69, 9.17) is 22.1 Å². The molecule has 3 aromatic rings.